The van der Waals surface area contributed by atoms with Gasteiger partial charge in [-0.15, -0.1) is 0 Å². The summed E-state index contributed by atoms with van der Waals surface area (Å²) in [5.41, 5.74) is 0.517. The molecule has 0 aromatic rings. The van der Waals surface area contributed by atoms with E-state index in [1.165, 1.54) is 19.3 Å². The molecule has 9 heavy (non-hydrogen) atoms. The van der Waals surface area contributed by atoms with Crippen LogP contribution >= 0.6 is 0 Å². The lowest BCUT2D eigenvalue weighted by Crippen LogP contribution is -2.26. The number of rotatable bonds is 2. The molecule has 1 saturated heterocycles. The predicted molar refractivity (Wildman–Crippen MR) is 40.3 cm³/mol. The van der Waals surface area contributed by atoms with Crippen LogP contribution in [-0.2, 0) is 9.16 Å². The summed E-state index contributed by atoms with van der Waals surface area (Å²) in [6, 6.07) is 0. The molecule has 0 spiro atoms. The molecule has 1 aliphatic rings. The average molecular weight is 147 g/mol. The minimum Gasteiger partial charge on any atom is -0.424 e. The van der Waals surface area contributed by atoms with Crippen molar-refractivity contribution in [3.05, 3.63) is 0 Å². The monoisotopic (exact) mass is 147 g/mol. The molecule has 0 saturated carbocycles. The molecule has 1 fully saturated rings. The van der Waals surface area contributed by atoms with Gasteiger partial charge < -0.3 is 9.16 Å². The summed E-state index contributed by atoms with van der Waals surface area (Å²) in [6.07, 6.45) is 3.82. The maximum atomic E-state index is 5.46. The molecule has 0 aromatic carbocycles. The molecule has 0 bridgehead atoms. The zero-order valence-electron chi connectivity index (χ0n) is 6.93. The zero-order valence-corrected chi connectivity index (χ0v) is 7.34. The van der Waals surface area contributed by atoms with Crippen molar-refractivity contribution in [3.8, 4) is 0 Å². The lowest BCUT2D eigenvalue weighted by atomic mass is 10.2. The molecule has 0 amide bonds. The Labute approximate surface area is 60.0 Å². The Morgan fingerprint density at radius 1 is 1.67 bits per heavy atom. The smallest absolute Gasteiger partial charge is 0.424 e. The van der Waals surface area contributed by atoms with Crippen LogP contribution in [0.15, 0.2) is 0 Å². The van der Waals surface area contributed by atoms with Gasteiger partial charge in [-0.2, -0.15) is 0 Å². The number of hydrogen-bond donors (Lipinski definition) is 0. The fourth-order valence-corrected chi connectivity index (χ4v) is 2.21. The molecule has 0 aromatic heterocycles. The van der Waals surface area contributed by atoms with E-state index in [-0.39, 0.29) is 11.2 Å². The summed E-state index contributed by atoms with van der Waals surface area (Å²) in [4.78, 5) is 0. The van der Waals surface area contributed by atoms with Crippen molar-refractivity contribution in [3.63, 3.8) is 0 Å². The third-order valence-corrected chi connectivity index (χ3v) is 2.98. The van der Waals surface area contributed by atoms with Crippen molar-refractivity contribution in [2.45, 2.75) is 25.0 Å². The van der Waals surface area contributed by atoms with Crippen molar-refractivity contribution in [1.29, 1.82) is 0 Å². The first-order chi connectivity index (χ1) is 4.43. The normalized spacial score (nSPS) is 29.7. The van der Waals surface area contributed by atoms with E-state index in [2.05, 4.69) is 0 Å². The van der Waals surface area contributed by atoms with Crippen LogP contribution in [0.5, 0.6) is 0 Å². The Kier molecular flexibility index (Phi) is 3.25. The summed E-state index contributed by atoms with van der Waals surface area (Å²) >= 11 is 0. The van der Waals surface area contributed by atoms with Gasteiger partial charge in [0.15, 0.2) is 9.76 Å². The first-order valence-electron chi connectivity index (χ1n) is 3.54. The lowest BCUT2D eigenvalue weighted by molar-refractivity contribution is 0.0572. The van der Waals surface area contributed by atoms with E-state index in [1.54, 1.807) is 7.11 Å². The quantitative estimate of drug-likeness (QED) is 0.525. The van der Waals surface area contributed by atoms with E-state index in [9.17, 15) is 0 Å². The second kappa shape index (κ2) is 4.03. The minimum absolute atomic E-state index is 0. The highest BCUT2D eigenvalue weighted by molar-refractivity contribution is 6.29. The molecule has 1 aliphatic heterocycles. The second-order valence-electron chi connectivity index (χ2n) is 2.44. The molecule has 0 radical (unpaired) electrons. The van der Waals surface area contributed by atoms with Gasteiger partial charge in [-0.25, -0.2) is 0 Å². The Hall–Kier alpha value is 0.137. The lowest BCUT2D eigenvalue weighted by Gasteiger charge is -2.20. The third-order valence-electron chi connectivity index (χ3n) is 1.63. The van der Waals surface area contributed by atoms with Gasteiger partial charge in [0.1, 0.15) is 0 Å². The molecule has 1 rings (SSSR count). The molecule has 54 valence electrons. The molecule has 0 N–H and O–H groups in total. The highest BCUT2D eigenvalue weighted by Crippen LogP contribution is 2.10. The van der Waals surface area contributed by atoms with Gasteiger partial charge in [0.2, 0.25) is 0 Å². The second-order valence-corrected chi connectivity index (χ2v) is 4.27. The predicted octanol–water partition coefficient (Wildman–Crippen LogP) is 0.356. The van der Waals surface area contributed by atoms with Crippen LogP contribution in [0.3, 0.4) is 0 Å². The Bertz CT molecular complexity index is 73.4. The Balaban J connectivity index is 0.000000810. The van der Waals surface area contributed by atoms with Crippen molar-refractivity contribution >= 4 is 9.76 Å². The largest absolute Gasteiger partial charge is 1.00 e. The van der Waals surface area contributed by atoms with Crippen LogP contribution in [0.25, 0.3) is 0 Å². The zero-order chi connectivity index (χ0) is 6.53. The summed E-state index contributed by atoms with van der Waals surface area (Å²) in [5.74, 6) is 0. The van der Waals surface area contributed by atoms with Gasteiger partial charge in [-0.05, 0) is 19.3 Å². The standard InChI is InChI=1S/C6H14O2Si/c1-7-9-6-4-2-3-5-8-6/h6H,2-5,9H2,1H3/p+1. The van der Waals surface area contributed by atoms with E-state index in [4.69, 9.17) is 9.16 Å². The molecule has 3 heteroatoms. The highest BCUT2D eigenvalue weighted by Gasteiger charge is 2.13. The minimum atomic E-state index is -0.346. The summed E-state index contributed by atoms with van der Waals surface area (Å²) in [6.45, 7) is 0.959. The fourth-order valence-electron chi connectivity index (χ4n) is 1.12. The molecule has 1 unspecified atom stereocenters. The van der Waals surface area contributed by atoms with Crippen LogP contribution in [0.4, 0.5) is 0 Å². The molecular weight excluding hydrogens is 132 g/mol. The van der Waals surface area contributed by atoms with Gasteiger partial charge in [0.05, 0.1) is 5.73 Å². The van der Waals surface area contributed by atoms with Crippen molar-refractivity contribution in [2.75, 3.05) is 13.7 Å². The highest BCUT2D eigenvalue weighted by atomic mass is 28.2. The molecule has 1 heterocycles. The van der Waals surface area contributed by atoms with Crippen LogP contribution < -0.4 is 0 Å². The molecular formula is C6H15O2Si+. The SMILES string of the molecule is CO[SiH2]C1CCCCO1.[H+]. The molecule has 0 aliphatic carbocycles. The first kappa shape index (κ1) is 7.25. The summed E-state index contributed by atoms with van der Waals surface area (Å²) in [5, 5.41) is 0. The number of ether oxygens (including phenoxy) is 1. The van der Waals surface area contributed by atoms with Gasteiger partial charge in [0, 0.05) is 13.7 Å². The van der Waals surface area contributed by atoms with Crippen LogP contribution in [0.2, 0.25) is 0 Å². The van der Waals surface area contributed by atoms with E-state index in [0.29, 0.717) is 5.73 Å². The topological polar surface area (TPSA) is 18.5 Å². The van der Waals surface area contributed by atoms with Crippen molar-refractivity contribution in [2.24, 2.45) is 0 Å². The van der Waals surface area contributed by atoms with E-state index < -0.39 is 0 Å². The molecule has 2 nitrogen and oxygen atoms in total. The third kappa shape index (κ3) is 2.47. The number of hydrogen-bond acceptors (Lipinski definition) is 2. The fraction of sp³-hybridized carbons (Fsp3) is 1.00. The van der Waals surface area contributed by atoms with Crippen molar-refractivity contribution < 1.29 is 10.6 Å². The maximum Gasteiger partial charge on any atom is 1.00 e. The Morgan fingerprint density at radius 3 is 3.11 bits per heavy atom. The maximum absolute atomic E-state index is 5.46. The van der Waals surface area contributed by atoms with Gasteiger partial charge in [-0.1, -0.05) is 0 Å². The first-order valence-corrected chi connectivity index (χ1v) is 4.93. The van der Waals surface area contributed by atoms with Crippen LogP contribution in [0.1, 0.15) is 20.7 Å². The molecule has 1 atom stereocenters. The van der Waals surface area contributed by atoms with Crippen molar-refractivity contribution in [1.82, 2.24) is 0 Å². The van der Waals surface area contributed by atoms with Crippen LogP contribution in [0, 0.1) is 0 Å². The van der Waals surface area contributed by atoms with E-state index in [1.807, 2.05) is 0 Å². The Morgan fingerprint density at radius 2 is 2.56 bits per heavy atom. The van der Waals surface area contributed by atoms with Gasteiger partial charge >= 0.3 is 1.43 Å². The van der Waals surface area contributed by atoms with Crippen LogP contribution in [-0.4, -0.2) is 29.2 Å². The van der Waals surface area contributed by atoms with E-state index >= 15 is 0 Å². The van der Waals surface area contributed by atoms with Gasteiger partial charge in [-0.3, -0.25) is 0 Å². The van der Waals surface area contributed by atoms with Gasteiger partial charge in [0.25, 0.3) is 0 Å². The van der Waals surface area contributed by atoms with E-state index in [0.717, 1.165) is 6.61 Å². The summed E-state index contributed by atoms with van der Waals surface area (Å²) in [7, 11) is 1.44. The summed E-state index contributed by atoms with van der Waals surface area (Å²) < 4.78 is 10.6. The average Bonchev–Trinajstić information content (AvgIpc) is 1.91.